The average Bonchev–Trinajstić information content (AvgIpc) is 2.32. The zero-order valence-corrected chi connectivity index (χ0v) is 7.46. The van der Waals surface area contributed by atoms with Gasteiger partial charge in [0, 0.05) is 6.20 Å². The van der Waals surface area contributed by atoms with Crippen molar-refractivity contribution in [3.63, 3.8) is 0 Å². The van der Waals surface area contributed by atoms with Gasteiger partial charge in [0.15, 0.2) is 0 Å². The Bertz CT molecular complexity index is 280. The van der Waals surface area contributed by atoms with E-state index in [1.807, 2.05) is 0 Å². The van der Waals surface area contributed by atoms with Crippen LogP contribution in [0.5, 0.6) is 0 Å². The maximum atomic E-state index is 9.77. The first kappa shape index (κ1) is 8.08. The van der Waals surface area contributed by atoms with E-state index in [9.17, 15) is 5.11 Å². The third kappa shape index (κ3) is 1.47. The van der Waals surface area contributed by atoms with Crippen molar-refractivity contribution < 1.29 is 5.11 Å². The van der Waals surface area contributed by atoms with Gasteiger partial charge in [0.2, 0.25) is 0 Å². The molecule has 66 valence electrons. The summed E-state index contributed by atoms with van der Waals surface area (Å²) >= 11 is 5.69. The van der Waals surface area contributed by atoms with Gasteiger partial charge in [-0.1, -0.05) is 11.6 Å². The monoisotopic (exact) mass is 186 g/mol. The van der Waals surface area contributed by atoms with Crippen LogP contribution in [-0.2, 0) is 6.54 Å². The standard InChI is InChI=1S/C8H11ClN2O/c9-7-4-10-11(5-7)6-8(12)2-1-3-8/h4-5,12H,1-3,6H2. The highest BCUT2D eigenvalue weighted by Crippen LogP contribution is 2.32. The van der Waals surface area contributed by atoms with Crippen molar-refractivity contribution in [2.75, 3.05) is 0 Å². The lowest BCUT2D eigenvalue weighted by Gasteiger charge is -2.36. The van der Waals surface area contributed by atoms with Crippen LogP contribution < -0.4 is 0 Å². The molecule has 1 saturated carbocycles. The number of aromatic nitrogens is 2. The number of halogens is 1. The Balaban J connectivity index is 2.03. The summed E-state index contributed by atoms with van der Waals surface area (Å²) < 4.78 is 1.70. The van der Waals surface area contributed by atoms with Gasteiger partial charge in [0.25, 0.3) is 0 Å². The Labute approximate surface area is 76.0 Å². The topological polar surface area (TPSA) is 38.0 Å². The fourth-order valence-electron chi connectivity index (χ4n) is 1.47. The maximum Gasteiger partial charge on any atom is 0.0842 e. The average molecular weight is 187 g/mol. The second-order valence-electron chi connectivity index (χ2n) is 3.43. The molecule has 1 aromatic heterocycles. The van der Waals surface area contributed by atoms with E-state index in [-0.39, 0.29) is 0 Å². The summed E-state index contributed by atoms with van der Waals surface area (Å²) in [4.78, 5) is 0. The Morgan fingerprint density at radius 2 is 2.42 bits per heavy atom. The molecule has 1 aromatic rings. The minimum absolute atomic E-state index is 0.519. The Hall–Kier alpha value is -0.540. The molecule has 0 aromatic carbocycles. The van der Waals surface area contributed by atoms with E-state index in [2.05, 4.69) is 5.10 Å². The fourth-order valence-corrected chi connectivity index (χ4v) is 1.63. The van der Waals surface area contributed by atoms with Crippen molar-refractivity contribution in [2.24, 2.45) is 0 Å². The normalized spacial score (nSPS) is 20.5. The number of aliphatic hydroxyl groups is 1. The van der Waals surface area contributed by atoms with Crippen molar-refractivity contribution in [2.45, 2.75) is 31.4 Å². The van der Waals surface area contributed by atoms with E-state index in [4.69, 9.17) is 11.6 Å². The van der Waals surface area contributed by atoms with Crippen LogP contribution in [0.3, 0.4) is 0 Å². The molecule has 1 heterocycles. The van der Waals surface area contributed by atoms with Crippen LogP contribution in [0.1, 0.15) is 19.3 Å². The molecule has 1 aliphatic carbocycles. The van der Waals surface area contributed by atoms with Gasteiger partial charge < -0.3 is 5.11 Å². The molecule has 0 saturated heterocycles. The summed E-state index contributed by atoms with van der Waals surface area (Å²) in [5.74, 6) is 0. The molecule has 3 nitrogen and oxygen atoms in total. The van der Waals surface area contributed by atoms with Gasteiger partial charge in [-0.25, -0.2) is 0 Å². The smallest absolute Gasteiger partial charge is 0.0842 e. The van der Waals surface area contributed by atoms with Crippen LogP contribution in [0.15, 0.2) is 12.4 Å². The zero-order chi connectivity index (χ0) is 8.60. The highest BCUT2D eigenvalue weighted by molar-refractivity contribution is 6.30. The van der Waals surface area contributed by atoms with Gasteiger partial charge in [-0.3, -0.25) is 4.68 Å². The molecule has 0 bridgehead atoms. The molecule has 4 heteroatoms. The summed E-state index contributed by atoms with van der Waals surface area (Å²) in [7, 11) is 0. The molecule has 0 amide bonds. The molecule has 0 unspecified atom stereocenters. The highest BCUT2D eigenvalue weighted by Gasteiger charge is 2.34. The highest BCUT2D eigenvalue weighted by atomic mass is 35.5. The lowest BCUT2D eigenvalue weighted by Crippen LogP contribution is -2.41. The first-order valence-electron chi connectivity index (χ1n) is 4.08. The van der Waals surface area contributed by atoms with Crippen LogP contribution in [-0.4, -0.2) is 20.5 Å². The Kier molecular flexibility index (Phi) is 1.85. The van der Waals surface area contributed by atoms with Crippen LogP contribution in [0.2, 0.25) is 5.02 Å². The SMILES string of the molecule is OC1(Cn2cc(Cl)cn2)CCC1. The van der Waals surface area contributed by atoms with E-state index in [1.165, 1.54) is 0 Å². The number of hydrogen-bond acceptors (Lipinski definition) is 2. The second kappa shape index (κ2) is 2.75. The number of hydrogen-bond donors (Lipinski definition) is 1. The maximum absolute atomic E-state index is 9.77. The molecule has 1 aliphatic rings. The summed E-state index contributed by atoms with van der Waals surface area (Å²) in [5.41, 5.74) is -0.519. The second-order valence-corrected chi connectivity index (χ2v) is 3.87. The molecule has 0 aliphatic heterocycles. The molecule has 0 atom stereocenters. The number of nitrogens with zero attached hydrogens (tertiary/aromatic N) is 2. The van der Waals surface area contributed by atoms with Crippen LogP contribution in [0.25, 0.3) is 0 Å². The number of rotatable bonds is 2. The lowest BCUT2D eigenvalue weighted by molar-refractivity contribution is -0.0498. The van der Waals surface area contributed by atoms with Crippen molar-refractivity contribution in [1.29, 1.82) is 0 Å². The summed E-state index contributed by atoms with van der Waals surface area (Å²) in [6.45, 7) is 0.569. The van der Waals surface area contributed by atoms with Gasteiger partial charge in [-0.2, -0.15) is 5.10 Å². The molecular weight excluding hydrogens is 176 g/mol. The van der Waals surface area contributed by atoms with Gasteiger partial charge >= 0.3 is 0 Å². The quantitative estimate of drug-likeness (QED) is 0.760. The lowest BCUT2D eigenvalue weighted by atomic mass is 9.80. The molecule has 2 rings (SSSR count). The summed E-state index contributed by atoms with van der Waals surface area (Å²) in [6.07, 6.45) is 6.20. The fraction of sp³-hybridized carbons (Fsp3) is 0.625. The first-order valence-corrected chi connectivity index (χ1v) is 4.46. The molecule has 1 fully saturated rings. The van der Waals surface area contributed by atoms with E-state index in [0.29, 0.717) is 11.6 Å². The minimum Gasteiger partial charge on any atom is -0.388 e. The third-order valence-electron chi connectivity index (χ3n) is 2.34. The zero-order valence-electron chi connectivity index (χ0n) is 6.70. The van der Waals surface area contributed by atoms with Gasteiger partial charge in [0.05, 0.1) is 23.4 Å². The third-order valence-corrected chi connectivity index (χ3v) is 2.54. The van der Waals surface area contributed by atoms with Crippen molar-refractivity contribution >= 4 is 11.6 Å². The van der Waals surface area contributed by atoms with E-state index in [0.717, 1.165) is 19.3 Å². The van der Waals surface area contributed by atoms with E-state index >= 15 is 0 Å². The Morgan fingerprint density at radius 1 is 1.67 bits per heavy atom. The van der Waals surface area contributed by atoms with Crippen LogP contribution in [0.4, 0.5) is 0 Å². The summed E-state index contributed by atoms with van der Waals surface area (Å²) in [6, 6.07) is 0. The molecule has 1 N–H and O–H groups in total. The minimum atomic E-state index is -0.519. The van der Waals surface area contributed by atoms with Crippen molar-refractivity contribution in [3.05, 3.63) is 17.4 Å². The van der Waals surface area contributed by atoms with Gasteiger partial charge in [-0.15, -0.1) is 0 Å². The van der Waals surface area contributed by atoms with E-state index in [1.54, 1.807) is 17.1 Å². The predicted molar refractivity (Wildman–Crippen MR) is 46.0 cm³/mol. The van der Waals surface area contributed by atoms with Crippen LogP contribution >= 0.6 is 11.6 Å². The van der Waals surface area contributed by atoms with Gasteiger partial charge in [0.1, 0.15) is 0 Å². The van der Waals surface area contributed by atoms with Gasteiger partial charge in [-0.05, 0) is 19.3 Å². The molecule has 0 radical (unpaired) electrons. The Morgan fingerprint density at radius 3 is 2.83 bits per heavy atom. The molecular formula is C8H11ClN2O. The first-order chi connectivity index (χ1) is 5.68. The van der Waals surface area contributed by atoms with E-state index < -0.39 is 5.60 Å². The largest absolute Gasteiger partial charge is 0.388 e. The van der Waals surface area contributed by atoms with Crippen LogP contribution in [0, 0.1) is 0 Å². The molecule has 0 spiro atoms. The van der Waals surface area contributed by atoms with Crippen molar-refractivity contribution in [1.82, 2.24) is 9.78 Å². The summed E-state index contributed by atoms with van der Waals surface area (Å²) in [5, 5.41) is 14.4. The molecule has 12 heavy (non-hydrogen) atoms. The predicted octanol–water partition coefficient (Wildman–Crippen LogP) is 1.45. The van der Waals surface area contributed by atoms with Crippen molar-refractivity contribution in [3.8, 4) is 0 Å².